The van der Waals surface area contributed by atoms with Crippen molar-refractivity contribution in [1.29, 1.82) is 0 Å². The summed E-state index contributed by atoms with van der Waals surface area (Å²) in [5.74, 6) is 1.71. The quantitative estimate of drug-likeness (QED) is 0.786. The molecule has 3 aromatic rings. The molecule has 0 bridgehead atoms. The van der Waals surface area contributed by atoms with Crippen molar-refractivity contribution in [2.75, 3.05) is 12.4 Å². The average molecular weight is 286 g/mol. The first kappa shape index (κ1) is 12.7. The zero-order valence-corrected chi connectivity index (χ0v) is 11.6. The van der Waals surface area contributed by atoms with Gasteiger partial charge < -0.3 is 10.1 Å². The molecule has 1 aromatic heterocycles. The Balaban J connectivity index is 2.04. The van der Waals surface area contributed by atoms with Crippen LogP contribution in [0.1, 0.15) is 0 Å². The second kappa shape index (κ2) is 5.35. The molecule has 1 N–H and O–H groups in total. The van der Waals surface area contributed by atoms with Crippen LogP contribution in [0.4, 0.5) is 5.95 Å². The van der Waals surface area contributed by atoms with Crippen LogP contribution in [0.25, 0.3) is 10.8 Å². The molecule has 1 heterocycles. The van der Waals surface area contributed by atoms with E-state index >= 15 is 0 Å². The van der Waals surface area contributed by atoms with E-state index < -0.39 is 0 Å². The molecule has 4 nitrogen and oxygen atoms in total. The van der Waals surface area contributed by atoms with Crippen LogP contribution in [0.2, 0.25) is 5.02 Å². The Labute approximate surface area is 121 Å². The molecular formula is C15H12ClN3O. The van der Waals surface area contributed by atoms with Gasteiger partial charge in [-0.2, -0.15) is 4.98 Å². The van der Waals surface area contributed by atoms with Crippen molar-refractivity contribution in [3.63, 3.8) is 0 Å². The number of fused-ring (bicyclic) bond motifs is 1. The minimum atomic E-state index is 0.483. The van der Waals surface area contributed by atoms with Gasteiger partial charge in [0.05, 0.1) is 0 Å². The Morgan fingerprint density at radius 1 is 1.05 bits per heavy atom. The van der Waals surface area contributed by atoms with Gasteiger partial charge in [-0.25, -0.2) is 4.98 Å². The van der Waals surface area contributed by atoms with Crippen LogP contribution >= 0.6 is 11.6 Å². The molecule has 2 aromatic carbocycles. The van der Waals surface area contributed by atoms with E-state index in [-0.39, 0.29) is 0 Å². The van der Waals surface area contributed by atoms with Crippen LogP contribution in [0.15, 0.2) is 48.7 Å². The summed E-state index contributed by atoms with van der Waals surface area (Å²) in [6, 6.07) is 13.2. The summed E-state index contributed by atoms with van der Waals surface area (Å²) in [5, 5.41) is 5.48. The van der Waals surface area contributed by atoms with E-state index in [1.807, 2.05) is 36.4 Å². The standard InChI is InChI=1S/C15H12ClN3O/c1-17-15-18-9-8-14(19-15)20-13-7-6-12(16)10-4-2-3-5-11(10)13/h2-9H,1H3,(H,17,18,19). The van der Waals surface area contributed by atoms with Gasteiger partial charge in [-0.05, 0) is 12.1 Å². The zero-order chi connectivity index (χ0) is 13.9. The van der Waals surface area contributed by atoms with Crippen LogP contribution in [0.5, 0.6) is 11.6 Å². The third-order valence-corrected chi connectivity index (χ3v) is 3.23. The Hall–Kier alpha value is -2.33. The van der Waals surface area contributed by atoms with Crippen molar-refractivity contribution in [1.82, 2.24) is 9.97 Å². The van der Waals surface area contributed by atoms with Crippen molar-refractivity contribution in [3.8, 4) is 11.6 Å². The molecule has 0 spiro atoms. The van der Waals surface area contributed by atoms with Crippen molar-refractivity contribution in [2.45, 2.75) is 0 Å². The fourth-order valence-electron chi connectivity index (χ4n) is 1.96. The second-order valence-electron chi connectivity index (χ2n) is 4.16. The third-order valence-electron chi connectivity index (χ3n) is 2.90. The van der Waals surface area contributed by atoms with Crippen LogP contribution < -0.4 is 10.1 Å². The maximum Gasteiger partial charge on any atom is 0.225 e. The van der Waals surface area contributed by atoms with Gasteiger partial charge in [0.1, 0.15) is 5.75 Å². The van der Waals surface area contributed by atoms with Gasteiger partial charge in [0.15, 0.2) is 0 Å². The van der Waals surface area contributed by atoms with Crippen molar-refractivity contribution >= 4 is 28.3 Å². The first-order valence-electron chi connectivity index (χ1n) is 6.14. The lowest BCUT2D eigenvalue weighted by Gasteiger charge is -2.09. The lowest BCUT2D eigenvalue weighted by Crippen LogP contribution is -1.97. The number of nitrogens with zero attached hydrogens (tertiary/aromatic N) is 2. The molecule has 0 atom stereocenters. The molecule has 0 unspecified atom stereocenters. The van der Waals surface area contributed by atoms with E-state index in [1.54, 1.807) is 19.3 Å². The van der Waals surface area contributed by atoms with E-state index in [0.29, 0.717) is 22.6 Å². The van der Waals surface area contributed by atoms with E-state index in [0.717, 1.165) is 10.8 Å². The summed E-state index contributed by atoms with van der Waals surface area (Å²) in [4.78, 5) is 8.29. The molecule has 0 amide bonds. The largest absolute Gasteiger partial charge is 0.438 e. The van der Waals surface area contributed by atoms with Crippen LogP contribution in [-0.4, -0.2) is 17.0 Å². The molecule has 5 heteroatoms. The molecule has 20 heavy (non-hydrogen) atoms. The highest BCUT2D eigenvalue weighted by molar-refractivity contribution is 6.35. The Kier molecular flexibility index (Phi) is 3.39. The minimum Gasteiger partial charge on any atom is -0.438 e. The summed E-state index contributed by atoms with van der Waals surface area (Å²) in [6.07, 6.45) is 1.65. The first-order valence-corrected chi connectivity index (χ1v) is 6.51. The van der Waals surface area contributed by atoms with Gasteiger partial charge in [-0.3, -0.25) is 0 Å². The van der Waals surface area contributed by atoms with Crippen molar-refractivity contribution in [3.05, 3.63) is 53.7 Å². The highest BCUT2D eigenvalue weighted by Gasteiger charge is 2.07. The number of hydrogen-bond donors (Lipinski definition) is 1. The predicted octanol–water partition coefficient (Wildman–Crippen LogP) is 4.12. The SMILES string of the molecule is CNc1nccc(Oc2ccc(Cl)c3ccccc23)n1. The number of benzene rings is 2. The number of rotatable bonds is 3. The molecule has 0 aliphatic rings. The summed E-state index contributed by atoms with van der Waals surface area (Å²) in [6.45, 7) is 0. The van der Waals surface area contributed by atoms with E-state index in [4.69, 9.17) is 16.3 Å². The molecule has 0 radical (unpaired) electrons. The van der Waals surface area contributed by atoms with Crippen LogP contribution in [0.3, 0.4) is 0 Å². The van der Waals surface area contributed by atoms with Gasteiger partial charge >= 0.3 is 0 Å². The first-order chi connectivity index (χ1) is 9.78. The molecule has 0 saturated carbocycles. The monoisotopic (exact) mass is 285 g/mol. The van der Waals surface area contributed by atoms with E-state index in [2.05, 4.69) is 15.3 Å². The van der Waals surface area contributed by atoms with E-state index in [1.165, 1.54) is 0 Å². The fraction of sp³-hybridized carbons (Fsp3) is 0.0667. The number of ether oxygens (including phenoxy) is 1. The van der Waals surface area contributed by atoms with E-state index in [9.17, 15) is 0 Å². The number of anilines is 1. The zero-order valence-electron chi connectivity index (χ0n) is 10.8. The average Bonchev–Trinajstić information content (AvgIpc) is 2.51. The lowest BCUT2D eigenvalue weighted by molar-refractivity contribution is 0.467. The fourth-order valence-corrected chi connectivity index (χ4v) is 2.18. The number of aromatic nitrogens is 2. The van der Waals surface area contributed by atoms with Gasteiger partial charge in [0, 0.05) is 35.1 Å². The highest BCUT2D eigenvalue weighted by atomic mass is 35.5. The normalized spacial score (nSPS) is 10.5. The molecule has 0 aliphatic carbocycles. The summed E-state index contributed by atoms with van der Waals surface area (Å²) < 4.78 is 5.84. The molecule has 3 rings (SSSR count). The maximum atomic E-state index is 6.19. The summed E-state index contributed by atoms with van der Waals surface area (Å²) in [7, 11) is 1.76. The van der Waals surface area contributed by atoms with Crippen molar-refractivity contribution < 1.29 is 4.74 Å². The van der Waals surface area contributed by atoms with Gasteiger partial charge in [-0.1, -0.05) is 35.9 Å². The topological polar surface area (TPSA) is 47.0 Å². The van der Waals surface area contributed by atoms with Gasteiger partial charge in [0.2, 0.25) is 11.8 Å². The van der Waals surface area contributed by atoms with Crippen LogP contribution in [0, 0.1) is 0 Å². The number of hydrogen-bond acceptors (Lipinski definition) is 4. The van der Waals surface area contributed by atoms with Gasteiger partial charge in [-0.15, -0.1) is 0 Å². The predicted molar refractivity (Wildman–Crippen MR) is 80.6 cm³/mol. The smallest absolute Gasteiger partial charge is 0.225 e. The maximum absolute atomic E-state index is 6.19. The molecule has 0 fully saturated rings. The second-order valence-corrected chi connectivity index (χ2v) is 4.57. The Morgan fingerprint density at radius 3 is 2.65 bits per heavy atom. The number of halogens is 1. The third kappa shape index (κ3) is 2.38. The highest BCUT2D eigenvalue weighted by Crippen LogP contribution is 2.33. The summed E-state index contributed by atoms with van der Waals surface area (Å²) in [5.41, 5.74) is 0. The number of nitrogens with one attached hydrogen (secondary N) is 1. The molecule has 0 aliphatic heterocycles. The molecule has 100 valence electrons. The minimum absolute atomic E-state index is 0.483. The Morgan fingerprint density at radius 2 is 1.85 bits per heavy atom. The van der Waals surface area contributed by atoms with Crippen LogP contribution in [-0.2, 0) is 0 Å². The van der Waals surface area contributed by atoms with Crippen molar-refractivity contribution in [2.24, 2.45) is 0 Å². The lowest BCUT2D eigenvalue weighted by atomic mass is 10.1. The van der Waals surface area contributed by atoms with Gasteiger partial charge in [0.25, 0.3) is 0 Å². The molecule has 0 saturated heterocycles. The molecular weight excluding hydrogens is 274 g/mol. The summed E-state index contributed by atoms with van der Waals surface area (Å²) >= 11 is 6.19. The Bertz CT molecular complexity index is 761.